The monoisotopic (exact) mass is 647 g/mol. The minimum atomic E-state index is -4.86. The minimum absolute atomic E-state index is 0.0310. The van der Waals surface area contributed by atoms with Crippen molar-refractivity contribution in [2.24, 2.45) is 4.99 Å². The highest BCUT2D eigenvalue weighted by Crippen LogP contribution is 2.33. The van der Waals surface area contributed by atoms with E-state index >= 15 is 0 Å². The molecule has 2 aromatic rings. The van der Waals surface area contributed by atoms with E-state index in [1.54, 1.807) is 12.1 Å². The zero-order valence-electron chi connectivity index (χ0n) is 25.5. The third kappa shape index (κ3) is 7.07. The fraction of sp³-hybridized carbons (Fsp3) is 0.452. The van der Waals surface area contributed by atoms with E-state index < -0.39 is 33.6 Å². The molecule has 2 amide bonds. The maximum absolute atomic E-state index is 13.3. The lowest BCUT2D eigenvalue weighted by molar-refractivity contribution is -0.274. The number of likely N-dealkylation sites (N-methyl/N-ethyl adjacent to an activating group) is 1. The summed E-state index contributed by atoms with van der Waals surface area (Å²) in [6, 6.07) is 9.04. The number of aliphatic imine (C=N–C) groups is 1. The second-order valence-electron chi connectivity index (χ2n) is 11.9. The number of halogens is 3. The van der Waals surface area contributed by atoms with E-state index in [0.29, 0.717) is 30.3 Å². The van der Waals surface area contributed by atoms with Gasteiger partial charge in [0.25, 0.3) is 11.8 Å². The van der Waals surface area contributed by atoms with Crippen molar-refractivity contribution in [2.75, 3.05) is 40.3 Å². The fourth-order valence-corrected chi connectivity index (χ4v) is 7.25. The summed E-state index contributed by atoms with van der Waals surface area (Å²) in [7, 11) is 0.155. The molecule has 45 heavy (non-hydrogen) atoms. The van der Waals surface area contributed by atoms with Crippen molar-refractivity contribution in [3.63, 3.8) is 0 Å². The number of amidine groups is 1. The third-order valence-electron chi connectivity index (χ3n) is 8.66. The summed E-state index contributed by atoms with van der Waals surface area (Å²) < 4.78 is 69.8. The van der Waals surface area contributed by atoms with Gasteiger partial charge in [0.05, 0.1) is 0 Å². The molecule has 242 valence electrons. The van der Waals surface area contributed by atoms with Crippen LogP contribution in [0.5, 0.6) is 5.75 Å². The van der Waals surface area contributed by atoms with Crippen LogP contribution in [0.2, 0.25) is 0 Å². The van der Waals surface area contributed by atoms with Gasteiger partial charge >= 0.3 is 6.36 Å². The Morgan fingerprint density at radius 3 is 2.38 bits per heavy atom. The smallest absolute Gasteiger partial charge is 0.406 e. The Labute approximate surface area is 260 Å². The molecule has 5 rings (SSSR count). The molecule has 0 radical (unpaired) electrons. The molecule has 1 unspecified atom stereocenters. The molecular weight excluding hydrogens is 611 g/mol. The van der Waals surface area contributed by atoms with Crippen LogP contribution in [0.15, 0.2) is 46.8 Å². The summed E-state index contributed by atoms with van der Waals surface area (Å²) in [5.74, 6) is -0.805. The highest BCUT2D eigenvalue weighted by Gasteiger charge is 2.47. The first-order chi connectivity index (χ1) is 21.1. The third-order valence-corrected chi connectivity index (χ3v) is 10.2. The summed E-state index contributed by atoms with van der Waals surface area (Å²) in [6.45, 7) is 5.10. The van der Waals surface area contributed by atoms with Crippen LogP contribution in [0.4, 0.5) is 13.2 Å². The maximum atomic E-state index is 13.3. The number of likely N-dealkylation sites (tertiary alicyclic amines) is 1. The Bertz CT molecular complexity index is 1640. The van der Waals surface area contributed by atoms with Crippen molar-refractivity contribution in [1.29, 1.82) is 0 Å². The van der Waals surface area contributed by atoms with Crippen LogP contribution in [0.25, 0.3) is 6.08 Å². The number of hydrogen-bond donors (Lipinski definition) is 1. The van der Waals surface area contributed by atoms with E-state index in [0.717, 1.165) is 35.1 Å². The number of piperidine rings is 1. The summed E-state index contributed by atoms with van der Waals surface area (Å²) in [6.07, 6.45) is -2.20. The van der Waals surface area contributed by atoms with Crippen molar-refractivity contribution in [3.8, 4) is 5.75 Å². The number of alkyl halides is 3. The molecule has 3 aliphatic heterocycles. The van der Waals surface area contributed by atoms with Gasteiger partial charge in [-0.05, 0) is 94.2 Å². The highest BCUT2D eigenvalue weighted by atomic mass is 32.2. The van der Waals surface area contributed by atoms with Crippen molar-refractivity contribution < 1.29 is 35.9 Å². The van der Waals surface area contributed by atoms with E-state index in [2.05, 4.69) is 19.9 Å². The first-order valence-corrected chi connectivity index (χ1v) is 16.1. The Balaban J connectivity index is 1.25. The van der Waals surface area contributed by atoms with Gasteiger partial charge in [0.2, 0.25) is 10.0 Å². The van der Waals surface area contributed by atoms with Gasteiger partial charge in [-0.15, -0.1) is 13.2 Å². The number of ether oxygens (including phenoxy) is 1. The molecule has 10 nitrogen and oxygen atoms in total. The summed E-state index contributed by atoms with van der Waals surface area (Å²) in [4.78, 5) is 34.6. The van der Waals surface area contributed by atoms with Gasteiger partial charge in [-0.3, -0.25) is 14.6 Å². The summed E-state index contributed by atoms with van der Waals surface area (Å²) in [5.41, 5.74) is 1.86. The molecule has 2 saturated heterocycles. The molecule has 2 fully saturated rings. The van der Waals surface area contributed by atoms with Crippen LogP contribution in [0, 0.1) is 13.8 Å². The van der Waals surface area contributed by atoms with E-state index in [4.69, 9.17) is 0 Å². The number of sulfonamides is 1. The van der Waals surface area contributed by atoms with Gasteiger partial charge in [0.1, 0.15) is 17.1 Å². The van der Waals surface area contributed by atoms with Crippen molar-refractivity contribution in [1.82, 2.24) is 19.4 Å². The lowest BCUT2D eigenvalue weighted by Gasteiger charge is -2.34. The average molecular weight is 648 g/mol. The Kier molecular flexibility index (Phi) is 8.86. The van der Waals surface area contributed by atoms with E-state index in [1.165, 1.54) is 22.5 Å². The van der Waals surface area contributed by atoms with Crippen LogP contribution in [-0.4, -0.2) is 98.4 Å². The summed E-state index contributed by atoms with van der Waals surface area (Å²) in [5, 5.41) is 3.77. The molecule has 1 N–H and O–H groups in total. The molecule has 3 heterocycles. The molecule has 1 atom stereocenters. The quantitative estimate of drug-likeness (QED) is 0.491. The summed E-state index contributed by atoms with van der Waals surface area (Å²) >= 11 is 0. The maximum Gasteiger partial charge on any atom is 0.573 e. The number of aryl methyl sites for hydroxylation is 2. The van der Waals surface area contributed by atoms with E-state index in [1.807, 2.05) is 32.8 Å². The number of carbonyl (C=O) groups is 2. The highest BCUT2D eigenvalue weighted by molar-refractivity contribution is 7.92. The van der Waals surface area contributed by atoms with Crippen LogP contribution in [0.1, 0.15) is 51.9 Å². The Morgan fingerprint density at radius 1 is 1.11 bits per heavy atom. The lowest BCUT2D eigenvalue weighted by atomic mass is 9.89. The van der Waals surface area contributed by atoms with Crippen LogP contribution >= 0.6 is 0 Å². The molecule has 3 aliphatic rings. The zero-order chi connectivity index (χ0) is 32.7. The normalized spacial score (nSPS) is 20.7. The number of carbonyl (C=O) groups excluding carboxylic acids is 2. The van der Waals surface area contributed by atoms with Crippen LogP contribution < -0.4 is 10.1 Å². The predicted molar refractivity (Wildman–Crippen MR) is 163 cm³/mol. The zero-order valence-corrected chi connectivity index (χ0v) is 26.3. The largest absolute Gasteiger partial charge is 0.573 e. The molecule has 0 saturated carbocycles. The minimum Gasteiger partial charge on any atom is -0.406 e. The van der Waals surface area contributed by atoms with Gasteiger partial charge in [0.15, 0.2) is 0 Å². The predicted octanol–water partition coefficient (Wildman–Crippen LogP) is 3.69. The number of hydrogen-bond acceptors (Lipinski definition) is 7. The molecule has 0 aromatic heterocycles. The second-order valence-corrected chi connectivity index (χ2v) is 13.8. The van der Waals surface area contributed by atoms with Crippen molar-refractivity contribution in [3.05, 3.63) is 69.6 Å². The number of amides is 2. The molecule has 0 bridgehead atoms. The Hall–Kier alpha value is -3.75. The van der Waals surface area contributed by atoms with Crippen molar-refractivity contribution >= 4 is 33.7 Å². The standard InChI is InChI=1S/C31H36F3N5O5S/c1-20-16-23(28(40)38-12-8-24(19-38)37(3)4)17-21(2)26(20)9-15-45(42,43)39-13-10-30(11-14-39)29(41)35-27(36-30)22-6-5-7-25(18-22)44-31(32,33)34/h5-7,9,15-18,24H,8,10-14,19H2,1-4H3,(H,35,36,41). The van der Waals surface area contributed by atoms with Gasteiger partial charge in [-0.2, -0.15) is 4.31 Å². The van der Waals surface area contributed by atoms with Crippen LogP contribution in [0.3, 0.4) is 0 Å². The molecule has 14 heteroatoms. The molecule has 2 aromatic carbocycles. The number of nitrogens with zero attached hydrogens (tertiary/aromatic N) is 4. The molecular formula is C31H36F3N5O5S. The Morgan fingerprint density at radius 2 is 1.78 bits per heavy atom. The first kappa shape index (κ1) is 32.6. The average Bonchev–Trinajstić information content (AvgIpc) is 3.57. The van der Waals surface area contributed by atoms with E-state index in [-0.39, 0.29) is 43.2 Å². The second kappa shape index (κ2) is 12.2. The van der Waals surface area contributed by atoms with E-state index in [9.17, 15) is 31.2 Å². The molecule has 0 aliphatic carbocycles. The number of benzene rings is 2. The van der Waals surface area contributed by atoms with Gasteiger partial charge in [-0.1, -0.05) is 12.1 Å². The topological polar surface area (TPSA) is 112 Å². The van der Waals surface area contributed by atoms with Crippen LogP contribution in [-0.2, 0) is 14.8 Å². The fourth-order valence-electron chi connectivity index (χ4n) is 6.07. The number of nitrogens with one attached hydrogen (secondary N) is 1. The SMILES string of the molecule is Cc1cc(C(=O)N2CCC(N(C)C)C2)cc(C)c1C=CS(=O)(=O)N1CCC2(CC1)N=C(c1cccc(OC(F)(F)F)c1)NC2=O. The lowest BCUT2D eigenvalue weighted by Crippen LogP contribution is -2.50. The molecule has 1 spiro atoms. The van der Waals surface area contributed by atoms with Gasteiger partial charge in [-0.25, -0.2) is 8.42 Å². The first-order valence-electron chi connectivity index (χ1n) is 14.6. The van der Waals surface area contributed by atoms with Gasteiger partial charge in [0, 0.05) is 48.8 Å². The number of rotatable bonds is 7. The van der Waals surface area contributed by atoms with Crippen molar-refractivity contribution in [2.45, 2.75) is 51.1 Å². The van der Waals surface area contributed by atoms with Gasteiger partial charge < -0.3 is 19.9 Å².